The van der Waals surface area contributed by atoms with Gasteiger partial charge in [-0.25, -0.2) is 0 Å². The predicted molar refractivity (Wildman–Crippen MR) is 60.4 cm³/mol. The maximum absolute atomic E-state index is 10.9. The first-order chi connectivity index (χ1) is 8.16. The second kappa shape index (κ2) is 3.66. The van der Waals surface area contributed by atoms with Gasteiger partial charge in [0.25, 0.3) is 0 Å². The molecule has 2 aliphatic rings. The number of fused-ring (bicyclic) bond motifs is 1. The van der Waals surface area contributed by atoms with Gasteiger partial charge in [-0.15, -0.1) is 0 Å². The predicted octanol–water partition coefficient (Wildman–Crippen LogP) is 1.66. The Kier molecular flexibility index (Phi) is 2.25. The summed E-state index contributed by atoms with van der Waals surface area (Å²) in [6, 6.07) is 0. The largest absolute Gasteiger partial charge is 0.369 e. The molecule has 0 radical (unpaired) electrons. The van der Waals surface area contributed by atoms with E-state index in [1.807, 2.05) is 0 Å². The molecule has 6 heteroatoms. The molecule has 1 aliphatic carbocycles. The summed E-state index contributed by atoms with van der Waals surface area (Å²) in [7, 11) is 1.74. The first-order valence-electron chi connectivity index (χ1n) is 5.68. The maximum Gasteiger partial charge on any atom is 0.314 e. The van der Waals surface area contributed by atoms with E-state index in [0.717, 1.165) is 24.8 Å². The number of allylic oxidation sites excluding steroid dienone is 1. The van der Waals surface area contributed by atoms with E-state index in [9.17, 15) is 10.1 Å². The molecule has 90 valence electrons. The first kappa shape index (κ1) is 10.5. The zero-order valence-corrected chi connectivity index (χ0v) is 9.50. The Labute approximate surface area is 98.0 Å². The van der Waals surface area contributed by atoms with Crippen molar-refractivity contribution in [3.05, 3.63) is 28.1 Å². The zero-order chi connectivity index (χ0) is 12.0. The topological polar surface area (TPSA) is 73.5 Å². The minimum absolute atomic E-state index is 0.0928. The van der Waals surface area contributed by atoms with Crippen molar-refractivity contribution in [1.29, 1.82) is 0 Å². The molecule has 0 bridgehead atoms. The minimum atomic E-state index is -0.370. The van der Waals surface area contributed by atoms with Crippen LogP contribution in [0.1, 0.15) is 25.0 Å². The van der Waals surface area contributed by atoms with Gasteiger partial charge >= 0.3 is 5.69 Å². The molecule has 1 aliphatic heterocycles. The van der Waals surface area contributed by atoms with E-state index in [2.05, 4.69) is 11.2 Å². The normalized spacial score (nSPS) is 27.0. The Morgan fingerprint density at radius 3 is 3.18 bits per heavy atom. The molecule has 2 heterocycles. The van der Waals surface area contributed by atoms with Crippen molar-refractivity contribution >= 4 is 11.3 Å². The minimum Gasteiger partial charge on any atom is -0.369 e. The fourth-order valence-electron chi connectivity index (χ4n) is 2.45. The molecule has 1 aromatic rings. The van der Waals surface area contributed by atoms with E-state index < -0.39 is 0 Å². The Morgan fingerprint density at radius 2 is 2.41 bits per heavy atom. The molecule has 1 fully saturated rings. The molecule has 0 amide bonds. The summed E-state index contributed by atoms with van der Waals surface area (Å²) in [5, 5.41) is 14.9. The van der Waals surface area contributed by atoms with Crippen molar-refractivity contribution in [3.63, 3.8) is 0 Å². The van der Waals surface area contributed by atoms with Crippen LogP contribution >= 0.6 is 0 Å². The van der Waals surface area contributed by atoms with Crippen LogP contribution in [0.2, 0.25) is 0 Å². The monoisotopic (exact) mass is 235 g/mol. The lowest BCUT2D eigenvalue weighted by Gasteiger charge is -2.05. The van der Waals surface area contributed by atoms with Crippen molar-refractivity contribution in [2.75, 3.05) is 0 Å². The van der Waals surface area contributed by atoms with Gasteiger partial charge in [0.1, 0.15) is 11.9 Å². The third-order valence-corrected chi connectivity index (χ3v) is 3.40. The summed E-state index contributed by atoms with van der Waals surface area (Å²) in [6.45, 7) is 0. The van der Waals surface area contributed by atoms with Crippen molar-refractivity contribution in [2.45, 2.75) is 31.5 Å². The molecule has 1 aromatic heterocycles. The van der Waals surface area contributed by atoms with Crippen LogP contribution in [0.3, 0.4) is 0 Å². The number of nitrogens with zero attached hydrogens (tertiary/aromatic N) is 3. The third kappa shape index (κ3) is 1.74. The molecular formula is C11H13N3O3. The second-order valence-electron chi connectivity index (χ2n) is 4.48. The molecule has 1 saturated heterocycles. The number of nitro groups is 1. The summed E-state index contributed by atoms with van der Waals surface area (Å²) < 4.78 is 7.02. The average molecular weight is 235 g/mol. The number of hydrogen-bond donors (Lipinski definition) is 0. The van der Waals surface area contributed by atoms with Crippen LogP contribution in [-0.4, -0.2) is 26.9 Å². The molecule has 17 heavy (non-hydrogen) atoms. The van der Waals surface area contributed by atoms with Crippen molar-refractivity contribution in [1.82, 2.24) is 9.78 Å². The quantitative estimate of drug-likeness (QED) is 0.444. The van der Waals surface area contributed by atoms with Crippen molar-refractivity contribution in [3.8, 4) is 0 Å². The molecule has 3 rings (SSSR count). The lowest BCUT2D eigenvalue weighted by atomic mass is 10.1. The highest BCUT2D eigenvalue weighted by molar-refractivity contribution is 5.70. The van der Waals surface area contributed by atoms with E-state index in [1.54, 1.807) is 11.7 Å². The van der Waals surface area contributed by atoms with Crippen LogP contribution < -0.4 is 0 Å². The highest BCUT2D eigenvalue weighted by Crippen LogP contribution is 2.39. The van der Waals surface area contributed by atoms with Gasteiger partial charge in [-0.2, -0.15) is 5.10 Å². The smallest absolute Gasteiger partial charge is 0.314 e. The van der Waals surface area contributed by atoms with Gasteiger partial charge in [-0.1, -0.05) is 6.08 Å². The molecule has 0 aromatic carbocycles. The summed E-state index contributed by atoms with van der Waals surface area (Å²) in [6.07, 6.45) is 6.68. The lowest BCUT2D eigenvalue weighted by Crippen LogP contribution is -2.01. The van der Waals surface area contributed by atoms with Crippen LogP contribution in [-0.2, 0) is 11.8 Å². The van der Waals surface area contributed by atoms with Crippen molar-refractivity contribution < 1.29 is 9.66 Å². The van der Waals surface area contributed by atoms with Gasteiger partial charge in [0.2, 0.25) is 0 Å². The van der Waals surface area contributed by atoms with Crippen LogP contribution in [0.5, 0.6) is 0 Å². The number of aryl methyl sites for hydroxylation is 1. The maximum atomic E-state index is 10.9. The van der Waals surface area contributed by atoms with Gasteiger partial charge < -0.3 is 4.74 Å². The number of ether oxygens (including phenoxy) is 1. The van der Waals surface area contributed by atoms with Crippen LogP contribution in [0.4, 0.5) is 5.69 Å². The Bertz CT molecular complexity index is 506. The average Bonchev–Trinajstić information content (AvgIpc) is 2.95. The van der Waals surface area contributed by atoms with Gasteiger partial charge in [0.15, 0.2) is 0 Å². The summed E-state index contributed by atoms with van der Waals surface area (Å²) in [5.74, 6) is 0. The highest BCUT2D eigenvalue weighted by Gasteiger charge is 2.39. The standard InChI is InChI=1S/C11H13N3O3/c1-13-11(8(6-12-13)14(15)16)7-2-4-9-10(17-9)5-3-7/h2,6,9-10H,3-5H2,1H3/t9-,10+/m0/s1. The molecular weight excluding hydrogens is 222 g/mol. The summed E-state index contributed by atoms with van der Waals surface area (Å²) in [4.78, 5) is 10.6. The van der Waals surface area contributed by atoms with Gasteiger partial charge in [-0.05, 0) is 24.8 Å². The molecule has 0 N–H and O–H groups in total. The number of aromatic nitrogens is 2. The van der Waals surface area contributed by atoms with Crippen molar-refractivity contribution in [2.24, 2.45) is 7.05 Å². The summed E-state index contributed by atoms with van der Waals surface area (Å²) in [5.41, 5.74) is 1.75. The van der Waals surface area contributed by atoms with Gasteiger partial charge in [-0.3, -0.25) is 14.8 Å². The fraction of sp³-hybridized carbons (Fsp3) is 0.545. The summed E-state index contributed by atoms with van der Waals surface area (Å²) >= 11 is 0. The number of rotatable bonds is 2. The second-order valence-corrected chi connectivity index (χ2v) is 4.48. The van der Waals surface area contributed by atoms with E-state index in [1.165, 1.54) is 6.20 Å². The molecule has 0 saturated carbocycles. The van der Waals surface area contributed by atoms with Crippen LogP contribution in [0, 0.1) is 10.1 Å². The number of hydrogen-bond acceptors (Lipinski definition) is 4. The molecule has 0 unspecified atom stereocenters. The van der Waals surface area contributed by atoms with E-state index >= 15 is 0 Å². The highest BCUT2D eigenvalue weighted by atomic mass is 16.6. The van der Waals surface area contributed by atoms with E-state index in [-0.39, 0.29) is 10.6 Å². The Morgan fingerprint density at radius 1 is 1.59 bits per heavy atom. The van der Waals surface area contributed by atoms with E-state index in [0.29, 0.717) is 17.9 Å². The van der Waals surface area contributed by atoms with E-state index in [4.69, 9.17) is 4.74 Å². The molecule has 0 spiro atoms. The Balaban J connectivity index is 1.97. The zero-order valence-electron chi connectivity index (χ0n) is 9.50. The van der Waals surface area contributed by atoms with Gasteiger partial charge in [0.05, 0.1) is 17.1 Å². The van der Waals surface area contributed by atoms with Crippen LogP contribution in [0.25, 0.3) is 5.57 Å². The van der Waals surface area contributed by atoms with Gasteiger partial charge in [0, 0.05) is 7.05 Å². The number of epoxide rings is 1. The van der Waals surface area contributed by atoms with Crippen LogP contribution in [0.15, 0.2) is 12.3 Å². The molecule has 2 atom stereocenters. The molecule has 6 nitrogen and oxygen atoms in total. The lowest BCUT2D eigenvalue weighted by molar-refractivity contribution is -0.385. The first-order valence-corrected chi connectivity index (χ1v) is 5.68. The Hall–Kier alpha value is -1.69. The SMILES string of the molecule is Cn1ncc([N+](=O)[O-])c1C1=CC[C@@H]2O[C@@H]2CC1. The third-order valence-electron chi connectivity index (χ3n) is 3.40. The fourth-order valence-corrected chi connectivity index (χ4v) is 2.45.